The molecule has 9 nitrogen and oxygen atoms in total. The van der Waals surface area contributed by atoms with Gasteiger partial charge in [-0.3, -0.25) is 10.1 Å². The number of benzene rings is 2. The van der Waals surface area contributed by atoms with Gasteiger partial charge in [0.15, 0.2) is 5.11 Å². The number of thiocarbonyl (C=S) groups is 1. The molecule has 0 radical (unpaired) electrons. The van der Waals surface area contributed by atoms with E-state index in [-0.39, 0.29) is 37.1 Å². The van der Waals surface area contributed by atoms with E-state index in [9.17, 15) is 9.59 Å². The maximum absolute atomic E-state index is 13.1. The topological polar surface area (TPSA) is 112 Å². The first-order valence-corrected chi connectivity index (χ1v) is 13.6. The predicted molar refractivity (Wildman–Crippen MR) is 158 cm³/mol. The molecular weight excluding hydrogens is 571 g/mol. The number of rotatable bonds is 10. The molecule has 12 heteroatoms. The lowest BCUT2D eigenvalue weighted by Gasteiger charge is -2.35. The molecule has 0 spiro atoms. The van der Waals surface area contributed by atoms with Crippen LogP contribution < -0.4 is 10.6 Å². The molecule has 0 bridgehead atoms. The molecule has 1 aromatic heterocycles. The number of aromatic nitrogens is 2. The van der Waals surface area contributed by atoms with Gasteiger partial charge in [-0.1, -0.05) is 47.5 Å². The lowest BCUT2D eigenvalue weighted by molar-refractivity contribution is -0.122. The van der Waals surface area contributed by atoms with E-state index in [1.807, 2.05) is 36.6 Å². The summed E-state index contributed by atoms with van der Waals surface area (Å²) in [5.74, 6) is -0.211. The molecule has 3 rings (SSSR count). The van der Waals surface area contributed by atoms with Crippen molar-refractivity contribution in [1.29, 1.82) is 5.26 Å². The number of halogens is 2. The van der Waals surface area contributed by atoms with Gasteiger partial charge in [-0.2, -0.15) is 5.26 Å². The zero-order valence-corrected chi connectivity index (χ0v) is 24.7. The molecular formula is C28H30Cl2N6O3S. The molecule has 0 saturated heterocycles. The third-order valence-corrected chi connectivity index (χ3v) is 7.02. The third-order valence-electron chi connectivity index (χ3n) is 5.80. The van der Waals surface area contributed by atoms with Crippen molar-refractivity contribution >= 4 is 52.5 Å². The van der Waals surface area contributed by atoms with Crippen LogP contribution in [0.15, 0.2) is 55.0 Å². The highest BCUT2D eigenvalue weighted by Crippen LogP contribution is 2.27. The second-order valence-corrected chi connectivity index (χ2v) is 10.8. The summed E-state index contributed by atoms with van der Waals surface area (Å²) < 4.78 is 6.86. The van der Waals surface area contributed by atoms with Crippen LogP contribution in [0, 0.1) is 11.3 Å². The van der Waals surface area contributed by atoms with E-state index in [0.717, 1.165) is 11.3 Å². The Kier molecular flexibility index (Phi) is 10.9. The van der Waals surface area contributed by atoms with Crippen LogP contribution >= 0.6 is 35.4 Å². The second-order valence-electron chi connectivity index (χ2n) is 9.65. The fraction of sp³-hybridized carbons (Fsp3) is 0.321. The minimum absolute atomic E-state index is 0.103. The molecule has 210 valence electrons. The minimum Gasteiger partial charge on any atom is -0.450 e. The van der Waals surface area contributed by atoms with Crippen LogP contribution in [0.2, 0.25) is 10.0 Å². The van der Waals surface area contributed by atoms with Gasteiger partial charge < -0.3 is 19.5 Å². The molecule has 2 aromatic carbocycles. The van der Waals surface area contributed by atoms with Gasteiger partial charge >= 0.3 is 6.09 Å². The van der Waals surface area contributed by atoms with Crippen molar-refractivity contribution in [3.63, 3.8) is 0 Å². The molecule has 0 aliphatic rings. The second kappa shape index (κ2) is 14.1. The molecule has 2 N–H and O–H groups in total. The Labute approximate surface area is 249 Å². The number of alkyl carbamates (subject to hydrolysis) is 1. The van der Waals surface area contributed by atoms with Crippen LogP contribution in [0.25, 0.3) is 0 Å². The summed E-state index contributed by atoms with van der Waals surface area (Å²) in [4.78, 5) is 31.1. The number of carbonyl (C=O) groups is 2. The van der Waals surface area contributed by atoms with E-state index < -0.39 is 11.6 Å². The standard InChI is InChI=1S/C28H30Cl2N6O3S/c1-4-39-27(38)33-26(40)35(16-21-6-5-7-23(29)25(21)30)17-28(2,3)34-24(37)12-22-14-32-18-36(22)15-20-10-8-19(13-31)9-11-20/h5-11,14,18H,4,12,15-17H2,1-3H3,(H,34,37)(H,33,38,40). The molecule has 2 amide bonds. The molecule has 0 aliphatic carbocycles. The Morgan fingerprint density at radius 3 is 2.60 bits per heavy atom. The number of hydrogen-bond donors (Lipinski definition) is 2. The van der Waals surface area contributed by atoms with Crippen LogP contribution in [-0.2, 0) is 29.0 Å². The van der Waals surface area contributed by atoms with Crippen LogP contribution in [0.5, 0.6) is 0 Å². The number of imidazole rings is 1. The number of ether oxygens (including phenoxy) is 1. The van der Waals surface area contributed by atoms with Gasteiger partial charge in [0.25, 0.3) is 0 Å². The van der Waals surface area contributed by atoms with Gasteiger partial charge in [-0.25, -0.2) is 9.78 Å². The fourth-order valence-electron chi connectivity index (χ4n) is 4.03. The lowest BCUT2D eigenvalue weighted by Crippen LogP contribution is -2.55. The molecule has 1 heterocycles. The normalized spacial score (nSPS) is 10.9. The maximum Gasteiger partial charge on any atom is 0.413 e. The average molecular weight is 602 g/mol. The monoisotopic (exact) mass is 600 g/mol. The van der Waals surface area contributed by atoms with E-state index >= 15 is 0 Å². The van der Waals surface area contributed by atoms with Gasteiger partial charge in [0.2, 0.25) is 5.91 Å². The van der Waals surface area contributed by atoms with Crippen molar-refractivity contribution in [1.82, 2.24) is 25.1 Å². The molecule has 0 saturated carbocycles. The van der Waals surface area contributed by atoms with Crippen LogP contribution in [0.1, 0.15) is 43.2 Å². The summed E-state index contributed by atoms with van der Waals surface area (Å²) in [6, 6.07) is 14.6. The van der Waals surface area contributed by atoms with Crippen molar-refractivity contribution in [2.75, 3.05) is 13.2 Å². The molecule has 0 atom stereocenters. The fourth-order valence-corrected chi connectivity index (χ4v) is 4.62. The molecule has 40 heavy (non-hydrogen) atoms. The molecule has 0 fully saturated rings. The molecule has 3 aromatic rings. The van der Waals surface area contributed by atoms with Crippen molar-refractivity contribution in [3.05, 3.63) is 87.4 Å². The largest absolute Gasteiger partial charge is 0.450 e. The van der Waals surface area contributed by atoms with E-state index in [4.69, 9.17) is 45.4 Å². The van der Waals surface area contributed by atoms with Gasteiger partial charge in [0.05, 0.1) is 46.6 Å². The van der Waals surface area contributed by atoms with E-state index in [0.29, 0.717) is 27.7 Å². The number of nitrogens with one attached hydrogen (secondary N) is 2. The van der Waals surface area contributed by atoms with Crippen molar-refractivity contribution in [2.24, 2.45) is 0 Å². The molecule has 0 unspecified atom stereocenters. The predicted octanol–water partition coefficient (Wildman–Crippen LogP) is 5.08. The summed E-state index contributed by atoms with van der Waals surface area (Å²) in [5.41, 5.74) is 2.24. The SMILES string of the molecule is CCOC(=O)NC(=S)N(Cc1cccc(Cl)c1Cl)CC(C)(C)NC(=O)Cc1cncn1Cc1ccc(C#N)cc1. The van der Waals surface area contributed by atoms with Crippen LogP contribution in [0.4, 0.5) is 4.79 Å². The van der Waals surface area contributed by atoms with Gasteiger partial charge in [-0.05, 0) is 62.3 Å². The summed E-state index contributed by atoms with van der Waals surface area (Å²) >= 11 is 18.1. The highest BCUT2D eigenvalue weighted by atomic mass is 35.5. The summed E-state index contributed by atoms with van der Waals surface area (Å²) in [5, 5.41) is 15.5. The number of hydrogen-bond acceptors (Lipinski definition) is 6. The van der Waals surface area contributed by atoms with Gasteiger partial charge in [-0.15, -0.1) is 0 Å². The number of nitriles is 1. The lowest BCUT2D eigenvalue weighted by atomic mass is 10.0. The number of carbonyl (C=O) groups excluding carboxylic acids is 2. The average Bonchev–Trinajstić information content (AvgIpc) is 3.32. The minimum atomic E-state index is -0.763. The van der Waals surface area contributed by atoms with Crippen LogP contribution in [0.3, 0.4) is 0 Å². The van der Waals surface area contributed by atoms with Gasteiger partial charge in [0, 0.05) is 31.5 Å². The van der Waals surface area contributed by atoms with Gasteiger partial charge in [0.1, 0.15) is 0 Å². The third kappa shape index (κ3) is 8.95. The zero-order chi connectivity index (χ0) is 29.3. The summed E-state index contributed by atoms with van der Waals surface area (Å²) in [7, 11) is 0. The first-order chi connectivity index (χ1) is 19.0. The van der Waals surface area contributed by atoms with E-state index in [1.165, 1.54) is 0 Å². The molecule has 0 aliphatic heterocycles. The highest BCUT2D eigenvalue weighted by Gasteiger charge is 2.27. The first-order valence-electron chi connectivity index (χ1n) is 12.5. The highest BCUT2D eigenvalue weighted by molar-refractivity contribution is 7.80. The Morgan fingerprint density at radius 1 is 1.20 bits per heavy atom. The maximum atomic E-state index is 13.1. The quantitative estimate of drug-likeness (QED) is 0.312. The Hall–Kier alpha value is -3.65. The van der Waals surface area contributed by atoms with Crippen molar-refractivity contribution in [2.45, 2.75) is 45.8 Å². The van der Waals surface area contributed by atoms with Crippen LogP contribution in [-0.4, -0.2) is 50.3 Å². The smallest absolute Gasteiger partial charge is 0.413 e. The Balaban J connectivity index is 1.70. The zero-order valence-electron chi connectivity index (χ0n) is 22.4. The van der Waals surface area contributed by atoms with E-state index in [1.54, 1.807) is 48.6 Å². The number of amides is 2. The Morgan fingerprint density at radius 2 is 1.93 bits per heavy atom. The van der Waals surface area contributed by atoms with E-state index in [2.05, 4.69) is 21.7 Å². The first kappa shape index (κ1) is 30.9. The summed E-state index contributed by atoms with van der Waals surface area (Å²) in [6.07, 6.45) is 2.75. The summed E-state index contributed by atoms with van der Waals surface area (Å²) in [6.45, 7) is 6.61. The van der Waals surface area contributed by atoms with Crippen molar-refractivity contribution in [3.8, 4) is 6.07 Å². The number of nitrogens with zero attached hydrogens (tertiary/aromatic N) is 4. The Bertz CT molecular complexity index is 1400. The van der Waals surface area contributed by atoms with Crippen molar-refractivity contribution < 1.29 is 14.3 Å².